The first-order chi connectivity index (χ1) is 9.46. The lowest BCUT2D eigenvalue weighted by Gasteiger charge is -2.22. The summed E-state index contributed by atoms with van der Waals surface area (Å²) in [6.07, 6.45) is 10.9. The van der Waals surface area contributed by atoms with Crippen LogP contribution in [-0.4, -0.2) is 16.1 Å². The van der Waals surface area contributed by atoms with Crippen LogP contribution in [0.25, 0.3) is 0 Å². The molecule has 1 aromatic heterocycles. The first kappa shape index (κ1) is 16.7. The normalized spacial score (nSPS) is 11.6. The standard InChI is InChI=1S/C16H29N3O/c1-5-6-7-8-9-10-11-17-14-15(20)19(13-12-18-14)16(2,3)4/h12-13H,5-11H2,1-4H3,(H,17,18). The molecule has 1 heterocycles. The van der Waals surface area contributed by atoms with Crippen LogP contribution in [0.15, 0.2) is 17.2 Å². The van der Waals surface area contributed by atoms with Crippen molar-refractivity contribution in [2.75, 3.05) is 11.9 Å². The number of nitrogens with zero attached hydrogens (tertiary/aromatic N) is 2. The number of aromatic nitrogens is 2. The fraction of sp³-hybridized carbons (Fsp3) is 0.750. The van der Waals surface area contributed by atoms with Gasteiger partial charge in [-0.2, -0.15) is 0 Å². The van der Waals surface area contributed by atoms with E-state index in [0.717, 1.165) is 13.0 Å². The van der Waals surface area contributed by atoms with Gasteiger partial charge in [-0.15, -0.1) is 0 Å². The zero-order valence-electron chi connectivity index (χ0n) is 13.4. The summed E-state index contributed by atoms with van der Waals surface area (Å²) in [5.41, 5.74) is -0.248. The summed E-state index contributed by atoms with van der Waals surface area (Å²) in [6.45, 7) is 9.11. The molecule has 20 heavy (non-hydrogen) atoms. The summed E-state index contributed by atoms with van der Waals surface area (Å²) in [5, 5.41) is 3.17. The second kappa shape index (κ2) is 8.08. The minimum Gasteiger partial charge on any atom is -0.365 e. The van der Waals surface area contributed by atoms with Crippen LogP contribution in [0.5, 0.6) is 0 Å². The SMILES string of the molecule is CCCCCCCCNc1nccn(C(C)(C)C)c1=O. The number of unbranched alkanes of at least 4 members (excludes halogenated alkanes) is 5. The Morgan fingerprint density at radius 3 is 2.45 bits per heavy atom. The van der Waals surface area contributed by atoms with Gasteiger partial charge < -0.3 is 9.88 Å². The predicted octanol–water partition coefficient (Wildman–Crippen LogP) is 3.77. The van der Waals surface area contributed by atoms with Crippen molar-refractivity contribution in [1.82, 2.24) is 9.55 Å². The molecule has 0 aliphatic rings. The Labute approximate surface area is 122 Å². The van der Waals surface area contributed by atoms with E-state index in [2.05, 4.69) is 17.2 Å². The van der Waals surface area contributed by atoms with Gasteiger partial charge in [0.15, 0.2) is 5.82 Å². The van der Waals surface area contributed by atoms with E-state index in [-0.39, 0.29) is 11.1 Å². The highest BCUT2D eigenvalue weighted by atomic mass is 16.1. The molecule has 0 fully saturated rings. The Morgan fingerprint density at radius 2 is 1.80 bits per heavy atom. The first-order valence-electron chi connectivity index (χ1n) is 7.79. The van der Waals surface area contributed by atoms with Crippen molar-refractivity contribution in [2.24, 2.45) is 0 Å². The summed E-state index contributed by atoms with van der Waals surface area (Å²) in [4.78, 5) is 16.4. The number of rotatable bonds is 8. The molecule has 0 aliphatic heterocycles. The third-order valence-corrected chi connectivity index (χ3v) is 3.39. The highest BCUT2D eigenvalue weighted by Gasteiger charge is 2.16. The fourth-order valence-electron chi connectivity index (χ4n) is 2.17. The van der Waals surface area contributed by atoms with Crippen molar-refractivity contribution in [3.63, 3.8) is 0 Å². The van der Waals surface area contributed by atoms with E-state index in [1.165, 1.54) is 32.1 Å². The van der Waals surface area contributed by atoms with E-state index in [0.29, 0.717) is 5.82 Å². The van der Waals surface area contributed by atoms with Gasteiger partial charge in [0.25, 0.3) is 5.56 Å². The van der Waals surface area contributed by atoms with Crippen molar-refractivity contribution in [2.45, 2.75) is 71.8 Å². The molecule has 0 spiro atoms. The van der Waals surface area contributed by atoms with Gasteiger partial charge in [0.05, 0.1) is 0 Å². The molecule has 1 aromatic rings. The van der Waals surface area contributed by atoms with Gasteiger partial charge in [-0.25, -0.2) is 4.98 Å². The lowest BCUT2D eigenvalue weighted by atomic mass is 10.1. The maximum atomic E-state index is 12.3. The minimum atomic E-state index is -0.212. The summed E-state index contributed by atoms with van der Waals surface area (Å²) in [5.74, 6) is 0.469. The van der Waals surface area contributed by atoms with Gasteiger partial charge in [-0.3, -0.25) is 4.79 Å². The molecule has 4 heteroatoms. The first-order valence-corrected chi connectivity index (χ1v) is 7.79. The summed E-state index contributed by atoms with van der Waals surface area (Å²) < 4.78 is 1.73. The van der Waals surface area contributed by atoms with Crippen LogP contribution in [0.2, 0.25) is 0 Å². The number of anilines is 1. The van der Waals surface area contributed by atoms with Crippen LogP contribution in [0.3, 0.4) is 0 Å². The van der Waals surface area contributed by atoms with Crippen LogP contribution in [-0.2, 0) is 5.54 Å². The second-order valence-electron chi connectivity index (χ2n) is 6.32. The number of nitrogens with one attached hydrogen (secondary N) is 1. The topological polar surface area (TPSA) is 46.9 Å². The average molecular weight is 279 g/mol. The molecule has 0 saturated heterocycles. The van der Waals surface area contributed by atoms with E-state index >= 15 is 0 Å². The van der Waals surface area contributed by atoms with Gasteiger partial charge >= 0.3 is 0 Å². The molecular formula is C16H29N3O. The van der Waals surface area contributed by atoms with E-state index in [1.54, 1.807) is 17.0 Å². The molecule has 0 atom stereocenters. The third-order valence-electron chi connectivity index (χ3n) is 3.39. The van der Waals surface area contributed by atoms with Crippen LogP contribution in [0.1, 0.15) is 66.2 Å². The van der Waals surface area contributed by atoms with Crippen LogP contribution in [0.4, 0.5) is 5.82 Å². The minimum absolute atomic E-state index is 0.0361. The number of hydrogen-bond donors (Lipinski definition) is 1. The van der Waals surface area contributed by atoms with Gasteiger partial charge in [0, 0.05) is 24.5 Å². The molecule has 4 nitrogen and oxygen atoms in total. The highest BCUT2D eigenvalue weighted by molar-refractivity contribution is 5.30. The molecule has 0 amide bonds. The third kappa shape index (κ3) is 5.35. The van der Waals surface area contributed by atoms with Crippen molar-refractivity contribution < 1.29 is 0 Å². The molecule has 0 saturated carbocycles. The van der Waals surface area contributed by atoms with Crippen LogP contribution >= 0.6 is 0 Å². The van der Waals surface area contributed by atoms with Crippen LogP contribution < -0.4 is 10.9 Å². The van der Waals surface area contributed by atoms with E-state index < -0.39 is 0 Å². The molecule has 0 aliphatic carbocycles. The predicted molar refractivity (Wildman–Crippen MR) is 85.4 cm³/mol. The molecular weight excluding hydrogens is 250 g/mol. The van der Waals surface area contributed by atoms with E-state index in [1.807, 2.05) is 20.8 Å². The Hall–Kier alpha value is -1.32. The smallest absolute Gasteiger partial charge is 0.293 e. The lowest BCUT2D eigenvalue weighted by molar-refractivity contribution is 0.383. The Kier molecular flexibility index (Phi) is 6.76. The molecule has 114 valence electrons. The molecule has 0 radical (unpaired) electrons. The largest absolute Gasteiger partial charge is 0.365 e. The molecule has 1 rings (SSSR count). The highest BCUT2D eigenvalue weighted by Crippen LogP contribution is 2.11. The maximum Gasteiger partial charge on any atom is 0.293 e. The van der Waals surface area contributed by atoms with Gasteiger partial charge in [0.1, 0.15) is 0 Å². The Bertz CT molecular complexity index is 446. The van der Waals surface area contributed by atoms with Gasteiger partial charge in [0.2, 0.25) is 0 Å². The maximum absolute atomic E-state index is 12.3. The van der Waals surface area contributed by atoms with E-state index in [9.17, 15) is 4.79 Å². The summed E-state index contributed by atoms with van der Waals surface area (Å²) in [7, 11) is 0. The van der Waals surface area contributed by atoms with E-state index in [4.69, 9.17) is 0 Å². The van der Waals surface area contributed by atoms with Gasteiger partial charge in [-0.1, -0.05) is 39.0 Å². The van der Waals surface area contributed by atoms with Crippen molar-refractivity contribution in [3.8, 4) is 0 Å². The zero-order chi connectivity index (χ0) is 15.0. The molecule has 0 bridgehead atoms. The van der Waals surface area contributed by atoms with Crippen molar-refractivity contribution >= 4 is 5.82 Å². The van der Waals surface area contributed by atoms with Crippen molar-refractivity contribution in [1.29, 1.82) is 0 Å². The fourth-order valence-corrected chi connectivity index (χ4v) is 2.17. The monoisotopic (exact) mass is 279 g/mol. The summed E-state index contributed by atoms with van der Waals surface area (Å²) >= 11 is 0. The Balaban J connectivity index is 2.43. The number of hydrogen-bond acceptors (Lipinski definition) is 3. The second-order valence-corrected chi connectivity index (χ2v) is 6.32. The van der Waals surface area contributed by atoms with Crippen molar-refractivity contribution in [3.05, 3.63) is 22.7 Å². The molecule has 0 unspecified atom stereocenters. The van der Waals surface area contributed by atoms with Crippen LogP contribution in [0, 0.1) is 0 Å². The lowest BCUT2D eigenvalue weighted by Crippen LogP contribution is -2.35. The molecule has 1 N–H and O–H groups in total. The summed E-state index contributed by atoms with van der Waals surface area (Å²) in [6, 6.07) is 0. The average Bonchev–Trinajstić information content (AvgIpc) is 2.38. The molecule has 0 aromatic carbocycles. The quantitative estimate of drug-likeness (QED) is 0.737. The Morgan fingerprint density at radius 1 is 1.15 bits per heavy atom. The zero-order valence-corrected chi connectivity index (χ0v) is 13.4. The van der Waals surface area contributed by atoms with Gasteiger partial charge in [-0.05, 0) is 27.2 Å².